The number of rotatable bonds is 5. The van der Waals surface area contributed by atoms with Gasteiger partial charge in [-0.3, -0.25) is 4.79 Å². The van der Waals surface area contributed by atoms with E-state index in [9.17, 15) is 4.79 Å². The lowest BCUT2D eigenvalue weighted by molar-refractivity contribution is -0.122. The van der Waals surface area contributed by atoms with Crippen molar-refractivity contribution in [1.29, 1.82) is 0 Å². The maximum absolute atomic E-state index is 11.5. The summed E-state index contributed by atoms with van der Waals surface area (Å²) in [5.41, 5.74) is 1.34. The second-order valence-corrected chi connectivity index (χ2v) is 4.70. The van der Waals surface area contributed by atoms with Crippen molar-refractivity contribution < 1.29 is 4.79 Å². The summed E-state index contributed by atoms with van der Waals surface area (Å²) in [7, 11) is 0. The smallest absolute Gasteiger partial charge is 0.223 e. The molecule has 1 aromatic carbocycles. The van der Waals surface area contributed by atoms with Crippen LogP contribution in [0.4, 0.5) is 0 Å². The summed E-state index contributed by atoms with van der Waals surface area (Å²) in [5.74, 6) is 1.16. The molecule has 0 radical (unpaired) electrons. The van der Waals surface area contributed by atoms with Crippen molar-refractivity contribution in [1.82, 2.24) is 5.32 Å². The summed E-state index contributed by atoms with van der Waals surface area (Å²) in [4.78, 5) is 11.5. The largest absolute Gasteiger partial charge is 0.356 e. The predicted octanol–water partition coefficient (Wildman–Crippen LogP) is 2.39. The highest BCUT2D eigenvalue weighted by Gasteiger charge is 2.38. The molecular weight excluding hydrogens is 198 g/mol. The van der Waals surface area contributed by atoms with Crippen LogP contribution in [0.1, 0.15) is 25.3 Å². The fourth-order valence-electron chi connectivity index (χ4n) is 1.97. The van der Waals surface area contributed by atoms with Crippen molar-refractivity contribution in [2.24, 2.45) is 11.8 Å². The standard InChI is InChI=1S/C14H19NO/c1-11-10-13(11)14(16)15-9-5-8-12-6-3-2-4-7-12/h2-4,6-7,11,13H,5,8-10H2,1H3,(H,15,16)/t11-,13+/m0/s1. The molecule has 2 heteroatoms. The summed E-state index contributed by atoms with van der Waals surface area (Å²) >= 11 is 0. The third-order valence-corrected chi connectivity index (χ3v) is 3.23. The minimum atomic E-state index is 0.251. The molecule has 16 heavy (non-hydrogen) atoms. The van der Waals surface area contributed by atoms with Gasteiger partial charge in [0.2, 0.25) is 5.91 Å². The van der Waals surface area contributed by atoms with Gasteiger partial charge in [0.1, 0.15) is 0 Å². The van der Waals surface area contributed by atoms with E-state index in [0.717, 1.165) is 25.8 Å². The van der Waals surface area contributed by atoms with Gasteiger partial charge in [-0.2, -0.15) is 0 Å². The summed E-state index contributed by atoms with van der Waals surface area (Å²) in [6.45, 7) is 2.94. The zero-order chi connectivity index (χ0) is 11.4. The number of carbonyl (C=O) groups excluding carboxylic acids is 1. The summed E-state index contributed by atoms with van der Waals surface area (Å²) < 4.78 is 0. The van der Waals surface area contributed by atoms with Crippen LogP contribution in [0, 0.1) is 11.8 Å². The van der Waals surface area contributed by atoms with Crippen LogP contribution < -0.4 is 5.32 Å². The molecule has 0 saturated heterocycles. The second-order valence-electron chi connectivity index (χ2n) is 4.70. The van der Waals surface area contributed by atoms with E-state index in [1.54, 1.807) is 0 Å². The fraction of sp³-hybridized carbons (Fsp3) is 0.500. The Bertz CT molecular complexity index is 347. The third-order valence-electron chi connectivity index (χ3n) is 3.23. The number of benzene rings is 1. The lowest BCUT2D eigenvalue weighted by Gasteiger charge is -2.04. The molecule has 1 N–H and O–H groups in total. The summed E-state index contributed by atoms with van der Waals surface area (Å²) in [5, 5.41) is 3.01. The summed E-state index contributed by atoms with van der Waals surface area (Å²) in [6, 6.07) is 10.4. The van der Waals surface area contributed by atoms with E-state index < -0.39 is 0 Å². The van der Waals surface area contributed by atoms with Crippen molar-refractivity contribution in [3.63, 3.8) is 0 Å². The summed E-state index contributed by atoms with van der Waals surface area (Å²) in [6.07, 6.45) is 3.14. The highest BCUT2D eigenvalue weighted by atomic mass is 16.2. The van der Waals surface area contributed by atoms with Crippen LogP contribution in [0.2, 0.25) is 0 Å². The topological polar surface area (TPSA) is 29.1 Å². The maximum Gasteiger partial charge on any atom is 0.223 e. The number of hydrogen-bond acceptors (Lipinski definition) is 1. The average molecular weight is 217 g/mol. The van der Waals surface area contributed by atoms with E-state index in [1.165, 1.54) is 5.56 Å². The van der Waals surface area contributed by atoms with E-state index in [4.69, 9.17) is 0 Å². The third kappa shape index (κ3) is 3.09. The van der Waals surface area contributed by atoms with E-state index >= 15 is 0 Å². The van der Waals surface area contributed by atoms with Gasteiger partial charge in [-0.15, -0.1) is 0 Å². The van der Waals surface area contributed by atoms with Gasteiger partial charge in [0, 0.05) is 12.5 Å². The van der Waals surface area contributed by atoms with Crippen LogP contribution in [0.3, 0.4) is 0 Å². The Morgan fingerprint density at radius 1 is 1.38 bits per heavy atom. The number of amides is 1. The van der Waals surface area contributed by atoms with Gasteiger partial charge in [-0.1, -0.05) is 37.3 Å². The predicted molar refractivity (Wildman–Crippen MR) is 65.0 cm³/mol. The molecule has 0 spiro atoms. The van der Waals surface area contributed by atoms with Gasteiger partial charge >= 0.3 is 0 Å². The van der Waals surface area contributed by atoms with Crippen molar-refractivity contribution >= 4 is 5.91 Å². The Morgan fingerprint density at radius 3 is 2.69 bits per heavy atom. The average Bonchev–Trinajstić information content (AvgIpc) is 3.03. The Hall–Kier alpha value is -1.31. The molecule has 0 aliphatic heterocycles. The fourth-order valence-corrected chi connectivity index (χ4v) is 1.97. The monoisotopic (exact) mass is 217 g/mol. The Morgan fingerprint density at radius 2 is 2.06 bits per heavy atom. The zero-order valence-electron chi connectivity index (χ0n) is 9.78. The molecule has 1 fully saturated rings. The molecule has 2 atom stereocenters. The van der Waals surface area contributed by atoms with E-state index in [0.29, 0.717) is 11.8 Å². The molecule has 86 valence electrons. The van der Waals surface area contributed by atoms with Crippen LogP contribution in [0.25, 0.3) is 0 Å². The van der Waals surface area contributed by atoms with Crippen LogP contribution in [0.15, 0.2) is 30.3 Å². The number of carbonyl (C=O) groups is 1. The molecule has 1 aliphatic carbocycles. The van der Waals surface area contributed by atoms with Crippen molar-refractivity contribution in [3.05, 3.63) is 35.9 Å². The van der Waals surface area contributed by atoms with E-state index in [1.807, 2.05) is 6.07 Å². The first-order chi connectivity index (χ1) is 7.77. The van der Waals surface area contributed by atoms with Crippen molar-refractivity contribution in [2.75, 3.05) is 6.54 Å². The van der Waals surface area contributed by atoms with Gasteiger partial charge in [0.15, 0.2) is 0 Å². The molecule has 0 bridgehead atoms. The highest BCUT2D eigenvalue weighted by Crippen LogP contribution is 2.37. The van der Waals surface area contributed by atoms with Crippen LogP contribution >= 0.6 is 0 Å². The SMILES string of the molecule is C[C@H]1C[C@H]1C(=O)NCCCc1ccccc1. The first kappa shape index (κ1) is 11.2. The molecule has 0 heterocycles. The first-order valence-electron chi connectivity index (χ1n) is 6.09. The maximum atomic E-state index is 11.5. The Balaban J connectivity index is 1.60. The van der Waals surface area contributed by atoms with Crippen molar-refractivity contribution in [2.45, 2.75) is 26.2 Å². The number of aryl methyl sites for hydroxylation is 1. The van der Waals surface area contributed by atoms with Crippen molar-refractivity contribution in [3.8, 4) is 0 Å². The quantitative estimate of drug-likeness (QED) is 0.754. The normalized spacial score (nSPS) is 22.8. The Kier molecular flexibility index (Phi) is 3.60. The van der Waals surface area contributed by atoms with Gasteiger partial charge in [-0.05, 0) is 30.7 Å². The van der Waals surface area contributed by atoms with Gasteiger partial charge in [-0.25, -0.2) is 0 Å². The molecular formula is C14H19NO. The number of nitrogens with one attached hydrogen (secondary N) is 1. The zero-order valence-corrected chi connectivity index (χ0v) is 9.78. The lowest BCUT2D eigenvalue weighted by Crippen LogP contribution is -2.26. The van der Waals surface area contributed by atoms with Crippen LogP contribution in [-0.2, 0) is 11.2 Å². The molecule has 2 rings (SSSR count). The minimum Gasteiger partial charge on any atom is -0.356 e. The van der Waals surface area contributed by atoms with Gasteiger partial charge in [0.25, 0.3) is 0 Å². The molecule has 0 aromatic heterocycles. The molecule has 1 saturated carbocycles. The molecule has 2 nitrogen and oxygen atoms in total. The molecule has 1 aliphatic rings. The first-order valence-corrected chi connectivity index (χ1v) is 6.09. The molecule has 1 aromatic rings. The highest BCUT2D eigenvalue weighted by molar-refractivity contribution is 5.81. The molecule has 0 unspecified atom stereocenters. The van der Waals surface area contributed by atoms with Crippen LogP contribution in [0.5, 0.6) is 0 Å². The van der Waals surface area contributed by atoms with Crippen LogP contribution in [-0.4, -0.2) is 12.5 Å². The van der Waals surface area contributed by atoms with Gasteiger partial charge < -0.3 is 5.32 Å². The molecule has 1 amide bonds. The van der Waals surface area contributed by atoms with Gasteiger partial charge in [0.05, 0.1) is 0 Å². The van der Waals surface area contributed by atoms with E-state index in [2.05, 4.69) is 36.5 Å². The minimum absolute atomic E-state index is 0.251. The lowest BCUT2D eigenvalue weighted by atomic mass is 10.1. The van der Waals surface area contributed by atoms with E-state index in [-0.39, 0.29) is 5.91 Å². The Labute approximate surface area is 97.1 Å². The second kappa shape index (κ2) is 5.15. The number of hydrogen-bond donors (Lipinski definition) is 1.